The molecule has 0 bridgehead atoms. The predicted octanol–water partition coefficient (Wildman–Crippen LogP) is 4.69. The number of rotatable bonds is 7. The van der Waals surface area contributed by atoms with Crippen LogP contribution >= 0.6 is 22.9 Å². The minimum absolute atomic E-state index is 0.179. The Kier molecular flexibility index (Phi) is 7.65. The van der Waals surface area contributed by atoms with Gasteiger partial charge in [0, 0.05) is 36.9 Å². The van der Waals surface area contributed by atoms with Gasteiger partial charge in [-0.25, -0.2) is 9.79 Å². The van der Waals surface area contributed by atoms with Gasteiger partial charge in [0.1, 0.15) is 11.5 Å². The maximum atomic E-state index is 13.8. The third-order valence-electron chi connectivity index (χ3n) is 6.56. The molecule has 2 aromatic heterocycles. The van der Waals surface area contributed by atoms with Crippen LogP contribution < -0.4 is 19.8 Å². The molecule has 210 valence electrons. The average molecular weight is 593 g/mol. The molecule has 12 heteroatoms. The number of ether oxygens (including phenoxy) is 1. The van der Waals surface area contributed by atoms with E-state index < -0.39 is 16.9 Å². The summed E-state index contributed by atoms with van der Waals surface area (Å²) in [4.78, 5) is 44.9. The van der Waals surface area contributed by atoms with E-state index in [0.29, 0.717) is 26.4 Å². The number of aromatic nitrogens is 1. The molecule has 3 heterocycles. The Morgan fingerprint density at radius 3 is 2.61 bits per heavy atom. The SMILES string of the molecule is CCOC(=O)C1=C(C)N=c2s/c(=C\c3ccc(-c4ccc(Cl)cc4[N+](=O)[O-])o3)c(=O)n2[C@H]1c1ccc(N(C)C)cc1. The molecule has 1 aliphatic heterocycles. The van der Waals surface area contributed by atoms with E-state index in [1.54, 1.807) is 38.1 Å². The summed E-state index contributed by atoms with van der Waals surface area (Å²) in [6.45, 7) is 3.63. The smallest absolute Gasteiger partial charge is 0.338 e. The molecule has 0 saturated heterocycles. The number of allylic oxidation sites excluding steroid dienone is 1. The zero-order valence-electron chi connectivity index (χ0n) is 22.6. The first-order valence-corrected chi connectivity index (χ1v) is 13.8. The third-order valence-corrected chi connectivity index (χ3v) is 7.78. The minimum Gasteiger partial charge on any atom is -0.463 e. The van der Waals surface area contributed by atoms with Gasteiger partial charge in [0.15, 0.2) is 4.80 Å². The summed E-state index contributed by atoms with van der Waals surface area (Å²) in [5.74, 6) is 0.0411. The van der Waals surface area contributed by atoms with E-state index in [2.05, 4.69) is 4.99 Å². The Bertz CT molecular complexity index is 1880. The van der Waals surface area contributed by atoms with E-state index >= 15 is 0 Å². The van der Waals surface area contributed by atoms with Gasteiger partial charge in [0.25, 0.3) is 11.2 Å². The second kappa shape index (κ2) is 11.2. The Balaban J connectivity index is 1.63. The van der Waals surface area contributed by atoms with Crippen LogP contribution in [0.2, 0.25) is 5.02 Å². The molecule has 2 aromatic carbocycles. The monoisotopic (exact) mass is 592 g/mol. The lowest BCUT2D eigenvalue weighted by atomic mass is 9.95. The van der Waals surface area contributed by atoms with Crippen molar-refractivity contribution in [2.24, 2.45) is 4.99 Å². The molecule has 0 fully saturated rings. The predicted molar refractivity (Wildman–Crippen MR) is 157 cm³/mol. The highest BCUT2D eigenvalue weighted by Gasteiger charge is 2.33. The van der Waals surface area contributed by atoms with Crippen molar-refractivity contribution in [3.8, 4) is 11.3 Å². The first-order valence-electron chi connectivity index (χ1n) is 12.6. The number of furan rings is 1. The van der Waals surface area contributed by atoms with Crippen LogP contribution in [0.15, 0.2) is 80.1 Å². The van der Waals surface area contributed by atoms with Crippen molar-refractivity contribution in [2.75, 3.05) is 25.6 Å². The molecule has 0 saturated carbocycles. The second-order valence-electron chi connectivity index (χ2n) is 9.41. The highest BCUT2D eigenvalue weighted by atomic mass is 35.5. The molecule has 0 unspecified atom stereocenters. The fraction of sp³-hybridized carbons (Fsp3) is 0.207. The Morgan fingerprint density at radius 2 is 1.95 bits per heavy atom. The topological polar surface area (TPSA) is 120 Å². The molecule has 0 N–H and O–H groups in total. The van der Waals surface area contributed by atoms with Crippen LogP contribution in [0.1, 0.15) is 31.2 Å². The summed E-state index contributed by atoms with van der Waals surface area (Å²) in [6.07, 6.45) is 1.56. The highest BCUT2D eigenvalue weighted by molar-refractivity contribution is 7.07. The lowest BCUT2D eigenvalue weighted by Gasteiger charge is -2.25. The molecular formula is C29H25ClN4O6S. The number of halogens is 1. The molecule has 0 radical (unpaired) electrons. The molecule has 10 nitrogen and oxygen atoms in total. The van der Waals surface area contributed by atoms with Crippen molar-refractivity contribution in [1.82, 2.24) is 4.57 Å². The van der Waals surface area contributed by atoms with Crippen molar-refractivity contribution >= 4 is 46.4 Å². The minimum atomic E-state index is -0.743. The number of nitrogens with zero attached hydrogens (tertiary/aromatic N) is 4. The number of benzene rings is 2. The summed E-state index contributed by atoms with van der Waals surface area (Å²) < 4.78 is 13.0. The largest absolute Gasteiger partial charge is 0.463 e. The fourth-order valence-corrected chi connectivity index (χ4v) is 5.82. The summed E-state index contributed by atoms with van der Waals surface area (Å²) in [5.41, 5.74) is 2.16. The van der Waals surface area contributed by atoms with Crippen LogP contribution in [0.25, 0.3) is 17.4 Å². The number of esters is 1. The molecule has 5 rings (SSSR count). The van der Waals surface area contributed by atoms with Crippen LogP contribution in [0.3, 0.4) is 0 Å². The van der Waals surface area contributed by atoms with Crippen molar-refractivity contribution in [1.29, 1.82) is 0 Å². The number of carbonyl (C=O) groups excluding carboxylic acids is 1. The molecule has 0 aliphatic carbocycles. The average Bonchev–Trinajstić information content (AvgIpc) is 3.52. The van der Waals surface area contributed by atoms with E-state index in [0.717, 1.165) is 22.6 Å². The number of anilines is 1. The lowest BCUT2D eigenvalue weighted by Crippen LogP contribution is -2.39. The van der Waals surface area contributed by atoms with Crippen molar-refractivity contribution in [3.63, 3.8) is 0 Å². The molecule has 1 aliphatic rings. The Morgan fingerprint density at radius 1 is 1.22 bits per heavy atom. The number of thiazole rings is 1. The van der Waals surface area contributed by atoms with Gasteiger partial charge in [-0.1, -0.05) is 35.1 Å². The Hall–Kier alpha value is -4.48. The van der Waals surface area contributed by atoms with E-state index in [4.69, 9.17) is 20.8 Å². The molecule has 41 heavy (non-hydrogen) atoms. The maximum Gasteiger partial charge on any atom is 0.338 e. The summed E-state index contributed by atoms with van der Waals surface area (Å²) in [5, 5.41) is 11.8. The van der Waals surface area contributed by atoms with Gasteiger partial charge in [-0.05, 0) is 55.8 Å². The van der Waals surface area contributed by atoms with E-state index in [-0.39, 0.29) is 34.2 Å². The molecule has 1 atom stereocenters. The summed E-state index contributed by atoms with van der Waals surface area (Å²) in [6, 6.07) is 14.4. The molecule has 0 spiro atoms. The summed E-state index contributed by atoms with van der Waals surface area (Å²) in [7, 11) is 3.86. The fourth-order valence-electron chi connectivity index (χ4n) is 4.63. The number of hydrogen-bond acceptors (Lipinski definition) is 9. The number of hydrogen-bond donors (Lipinski definition) is 0. The van der Waals surface area contributed by atoms with Gasteiger partial charge in [-0.15, -0.1) is 0 Å². The first-order chi connectivity index (χ1) is 19.6. The van der Waals surface area contributed by atoms with Gasteiger partial charge in [0.2, 0.25) is 0 Å². The highest BCUT2D eigenvalue weighted by Crippen LogP contribution is 2.34. The number of nitro benzene ring substituents is 1. The van der Waals surface area contributed by atoms with Crippen LogP contribution in [-0.4, -0.2) is 36.2 Å². The van der Waals surface area contributed by atoms with Gasteiger partial charge in [0.05, 0.1) is 38.9 Å². The normalized spacial score (nSPS) is 15.0. The van der Waals surface area contributed by atoms with E-state index in [9.17, 15) is 19.7 Å². The van der Waals surface area contributed by atoms with Gasteiger partial charge >= 0.3 is 5.97 Å². The number of nitro groups is 1. The second-order valence-corrected chi connectivity index (χ2v) is 10.9. The zero-order chi connectivity index (χ0) is 29.4. The molecular weight excluding hydrogens is 568 g/mol. The first kappa shape index (κ1) is 28.1. The summed E-state index contributed by atoms with van der Waals surface area (Å²) >= 11 is 7.10. The van der Waals surface area contributed by atoms with Crippen molar-refractivity contribution < 1.29 is 18.9 Å². The van der Waals surface area contributed by atoms with Crippen molar-refractivity contribution in [3.05, 3.63) is 112 Å². The van der Waals surface area contributed by atoms with Crippen LogP contribution in [-0.2, 0) is 9.53 Å². The molecule has 4 aromatic rings. The van der Waals surface area contributed by atoms with Gasteiger partial charge in [-0.2, -0.15) is 0 Å². The molecule has 0 amide bonds. The lowest BCUT2D eigenvalue weighted by molar-refractivity contribution is -0.384. The van der Waals surface area contributed by atoms with E-state index in [1.165, 1.54) is 16.7 Å². The number of carbonyl (C=O) groups is 1. The van der Waals surface area contributed by atoms with Gasteiger partial charge in [-0.3, -0.25) is 19.5 Å². The standard InChI is InChI=1S/C29H25ClN4O6S/c1-5-39-28(36)25-16(2)31-29-33(26(25)17-6-9-19(10-7-17)32(3)4)27(35)24(41-29)15-20-11-13-23(40-20)21-12-8-18(30)14-22(21)34(37)38/h6-15,26H,5H2,1-4H3/b24-15-/t26-/m0/s1. The van der Waals surface area contributed by atoms with Gasteiger partial charge < -0.3 is 14.1 Å². The Labute approximate surface area is 243 Å². The third kappa shape index (κ3) is 5.33. The van der Waals surface area contributed by atoms with E-state index in [1.807, 2.05) is 43.3 Å². The van der Waals surface area contributed by atoms with Crippen LogP contribution in [0.5, 0.6) is 0 Å². The van der Waals surface area contributed by atoms with Crippen molar-refractivity contribution in [2.45, 2.75) is 19.9 Å². The van der Waals surface area contributed by atoms with Crippen LogP contribution in [0.4, 0.5) is 11.4 Å². The van der Waals surface area contributed by atoms with Crippen LogP contribution in [0, 0.1) is 10.1 Å². The maximum absolute atomic E-state index is 13.8. The number of fused-ring (bicyclic) bond motifs is 1. The zero-order valence-corrected chi connectivity index (χ0v) is 24.2. The quantitative estimate of drug-likeness (QED) is 0.173.